The summed E-state index contributed by atoms with van der Waals surface area (Å²) in [5.74, 6) is 0. The van der Waals surface area contributed by atoms with Gasteiger partial charge >= 0.3 is 0 Å². The van der Waals surface area contributed by atoms with Crippen LogP contribution in [0.25, 0.3) is 0 Å². The predicted molar refractivity (Wildman–Crippen MR) is 82.3 cm³/mol. The first kappa shape index (κ1) is 12.5. The van der Waals surface area contributed by atoms with Crippen LogP contribution in [0.15, 0.2) is 60.9 Å². The van der Waals surface area contributed by atoms with E-state index in [4.69, 9.17) is 0 Å². The molecule has 0 bridgehead atoms. The highest BCUT2D eigenvalue weighted by Crippen LogP contribution is 2.20. The number of hydrogen-bond donors (Lipinski definition) is 2. The Kier molecular flexibility index (Phi) is 3.50. The average molecular weight is 263 g/mol. The van der Waals surface area contributed by atoms with E-state index in [1.54, 1.807) is 6.20 Å². The molecule has 0 atom stereocenters. The highest BCUT2D eigenvalue weighted by atomic mass is 15.1. The van der Waals surface area contributed by atoms with Crippen molar-refractivity contribution in [3.8, 4) is 0 Å². The highest BCUT2D eigenvalue weighted by molar-refractivity contribution is 5.60. The summed E-state index contributed by atoms with van der Waals surface area (Å²) < 4.78 is 0. The van der Waals surface area contributed by atoms with Crippen LogP contribution < -0.4 is 5.32 Å². The molecule has 3 aromatic rings. The molecule has 0 amide bonds. The molecule has 0 aliphatic rings. The molecule has 3 rings (SSSR count). The molecule has 0 aliphatic heterocycles. The largest absolute Gasteiger partial charge is 0.353 e. The second kappa shape index (κ2) is 5.61. The van der Waals surface area contributed by atoms with Crippen LogP contribution >= 0.6 is 0 Å². The molecule has 2 N–H and O–H groups in total. The van der Waals surface area contributed by atoms with Crippen LogP contribution in [0.1, 0.15) is 16.7 Å². The molecule has 20 heavy (non-hydrogen) atoms. The molecule has 0 saturated carbocycles. The minimum Gasteiger partial charge on any atom is -0.353 e. The summed E-state index contributed by atoms with van der Waals surface area (Å²) in [4.78, 5) is 0. The van der Waals surface area contributed by atoms with Crippen LogP contribution in [-0.4, -0.2) is 10.2 Å². The van der Waals surface area contributed by atoms with Gasteiger partial charge in [0.25, 0.3) is 0 Å². The summed E-state index contributed by atoms with van der Waals surface area (Å²) in [5.41, 5.74) is 5.96. The van der Waals surface area contributed by atoms with E-state index in [0.29, 0.717) is 0 Å². The van der Waals surface area contributed by atoms with Crippen LogP contribution in [0.3, 0.4) is 0 Å². The van der Waals surface area contributed by atoms with Gasteiger partial charge in [0.05, 0.1) is 11.9 Å². The Morgan fingerprint density at radius 3 is 2.60 bits per heavy atom. The normalized spacial score (nSPS) is 10.4. The van der Waals surface area contributed by atoms with Crippen LogP contribution in [0.5, 0.6) is 0 Å². The lowest BCUT2D eigenvalue weighted by molar-refractivity contribution is 1.09. The van der Waals surface area contributed by atoms with Gasteiger partial charge in [-0.2, -0.15) is 5.10 Å². The number of nitrogens with one attached hydrogen (secondary N) is 2. The molecule has 3 nitrogen and oxygen atoms in total. The summed E-state index contributed by atoms with van der Waals surface area (Å²) in [6.45, 7) is 2.12. The lowest BCUT2D eigenvalue weighted by Crippen LogP contribution is -1.94. The number of H-pyrrole nitrogens is 1. The van der Waals surface area contributed by atoms with E-state index < -0.39 is 0 Å². The Hall–Kier alpha value is -2.55. The van der Waals surface area contributed by atoms with Crippen LogP contribution in [0, 0.1) is 6.92 Å². The fourth-order valence-electron chi connectivity index (χ4n) is 2.35. The Bertz CT molecular complexity index is 673. The van der Waals surface area contributed by atoms with Gasteiger partial charge in [0.15, 0.2) is 0 Å². The van der Waals surface area contributed by atoms with E-state index in [1.807, 2.05) is 12.3 Å². The molecule has 0 unspecified atom stereocenters. The number of rotatable bonds is 4. The third-order valence-electron chi connectivity index (χ3n) is 3.18. The van der Waals surface area contributed by atoms with E-state index in [2.05, 4.69) is 64.9 Å². The molecule has 0 spiro atoms. The minimum atomic E-state index is 0.947. The van der Waals surface area contributed by atoms with Crippen LogP contribution in [0.4, 0.5) is 11.4 Å². The zero-order valence-electron chi connectivity index (χ0n) is 11.4. The van der Waals surface area contributed by atoms with E-state index in [9.17, 15) is 0 Å². The molecule has 3 heteroatoms. The number of aryl methyl sites for hydroxylation is 1. The molecule has 0 fully saturated rings. The number of hydrogen-bond acceptors (Lipinski definition) is 2. The van der Waals surface area contributed by atoms with Crippen molar-refractivity contribution < 1.29 is 0 Å². The SMILES string of the molecule is Cc1cc(Cc2ccccc2)cc(Nc2cn[nH]c2)c1. The third-order valence-corrected chi connectivity index (χ3v) is 3.18. The lowest BCUT2D eigenvalue weighted by atomic mass is 10.0. The van der Waals surface area contributed by atoms with Crippen molar-refractivity contribution in [2.75, 3.05) is 5.32 Å². The molecular weight excluding hydrogens is 246 g/mol. The second-order valence-electron chi connectivity index (χ2n) is 4.98. The van der Waals surface area contributed by atoms with Crippen molar-refractivity contribution in [2.24, 2.45) is 0 Å². The fourth-order valence-corrected chi connectivity index (χ4v) is 2.35. The van der Waals surface area contributed by atoms with Gasteiger partial charge in [-0.1, -0.05) is 36.4 Å². The zero-order valence-corrected chi connectivity index (χ0v) is 11.4. The quantitative estimate of drug-likeness (QED) is 0.745. The highest BCUT2D eigenvalue weighted by Gasteiger charge is 2.01. The molecule has 2 aromatic carbocycles. The molecule has 1 aromatic heterocycles. The number of benzene rings is 2. The third kappa shape index (κ3) is 3.06. The van der Waals surface area contributed by atoms with Gasteiger partial charge in [-0.05, 0) is 42.2 Å². The van der Waals surface area contributed by atoms with E-state index in [1.165, 1.54) is 16.7 Å². The Morgan fingerprint density at radius 1 is 1.00 bits per heavy atom. The predicted octanol–water partition coefficient (Wildman–Crippen LogP) is 4.05. The summed E-state index contributed by atoms with van der Waals surface area (Å²) in [5, 5.41) is 10.1. The monoisotopic (exact) mass is 263 g/mol. The molecule has 1 heterocycles. The van der Waals surface area contributed by atoms with E-state index >= 15 is 0 Å². The Balaban J connectivity index is 1.83. The van der Waals surface area contributed by atoms with Crippen molar-refractivity contribution in [2.45, 2.75) is 13.3 Å². The molecule has 0 aliphatic carbocycles. The molecular formula is C17H17N3. The first-order valence-corrected chi connectivity index (χ1v) is 6.70. The van der Waals surface area contributed by atoms with E-state index in [0.717, 1.165) is 17.8 Å². The first-order chi connectivity index (χ1) is 9.79. The van der Waals surface area contributed by atoms with Gasteiger partial charge in [0.2, 0.25) is 0 Å². The van der Waals surface area contributed by atoms with Gasteiger partial charge in [-0.25, -0.2) is 0 Å². The van der Waals surface area contributed by atoms with Crippen molar-refractivity contribution in [3.63, 3.8) is 0 Å². The average Bonchev–Trinajstić information content (AvgIpc) is 2.92. The lowest BCUT2D eigenvalue weighted by Gasteiger charge is -2.09. The number of aromatic amines is 1. The maximum absolute atomic E-state index is 3.94. The van der Waals surface area contributed by atoms with Gasteiger partial charge < -0.3 is 5.32 Å². The second-order valence-corrected chi connectivity index (χ2v) is 4.98. The van der Waals surface area contributed by atoms with E-state index in [-0.39, 0.29) is 0 Å². The van der Waals surface area contributed by atoms with Gasteiger partial charge in [0, 0.05) is 11.9 Å². The number of nitrogens with zero attached hydrogens (tertiary/aromatic N) is 1. The summed E-state index contributed by atoms with van der Waals surface area (Å²) in [6.07, 6.45) is 4.57. The van der Waals surface area contributed by atoms with Gasteiger partial charge in [-0.15, -0.1) is 0 Å². The Morgan fingerprint density at radius 2 is 1.85 bits per heavy atom. The smallest absolute Gasteiger partial charge is 0.0767 e. The van der Waals surface area contributed by atoms with Crippen molar-refractivity contribution in [3.05, 3.63) is 77.6 Å². The minimum absolute atomic E-state index is 0.947. The Labute approximate surface area is 118 Å². The van der Waals surface area contributed by atoms with Gasteiger partial charge in [-0.3, -0.25) is 5.10 Å². The van der Waals surface area contributed by atoms with Crippen LogP contribution in [0.2, 0.25) is 0 Å². The topological polar surface area (TPSA) is 40.7 Å². The zero-order chi connectivity index (χ0) is 13.8. The maximum atomic E-state index is 3.94. The standard InChI is InChI=1S/C17H17N3/c1-13-7-15(9-14-5-3-2-4-6-14)10-16(8-13)20-17-11-18-19-12-17/h2-8,10-12,20H,9H2,1H3,(H,18,19). The molecule has 100 valence electrons. The van der Waals surface area contributed by atoms with Crippen LogP contribution in [-0.2, 0) is 6.42 Å². The maximum Gasteiger partial charge on any atom is 0.0767 e. The summed E-state index contributed by atoms with van der Waals surface area (Å²) in [6, 6.07) is 17.1. The van der Waals surface area contributed by atoms with Crippen molar-refractivity contribution >= 4 is 11.4 Å². The fraction of sp³-hybridized carbons (Fsp3) is 0.118. The van der Waals surface area contributed by atoms with Gasteiger partial charge in [0.1, 0.15) is 0 Å². The first-order valence-electron chi connectivity index (χ1n) is 6.70. The number of aromatic nitrogens is 2. The summed E-state index contributed by atoms with van der Waals surface area (Å²) in [7, 11) is 0. The molecule has 0 saturated heterocycles. The summed E-state index contributed by atoms with van der Waals surface area (Å²) >= 11 is 0. The number of anilines is 2. The molecule has 0 radical (unpaired) electrons. The van der Waals surface area contributed by atoms with Crippen molar-refractivity contribution in [1.29, 1.82) is 0 Å². The van der Waals surface area contributed by atoms with Crippen molar-refractivity contribution in [1.82, 2.24) is 10.2 Å².